The third kappa shape index (κ3) is 3.21. The molecule has 0 aliphatic carbocycles. The second-order valence-corrected chi connectivity index (χ2v) is 5.58. The second-order valence-electron chi connectivity index (χ2n) is 3.44. The summed E-state index contributed by atoms with van der Waals surface area (Å²) in [6.07, 6.45) is 0. The highest BCUT2D eigenvalue weighted by atomic mass is 35.5. The third-order valence-corrected chi connectivity index (χ3v) is 3.70. The molecule has 0 fully saturated rings. The number of nitrogens with one attached hydrogen (secondary N) is 1. The first kappa shape index (κ1) is 12.4. The zero-order valence-corrected chi connectivity index (χ0v) is 11.3. The molecule has 90 valence electrons. The predicted molar refractivity (Wildman–Crippen MR) is 72.8 cm³/mol. The van der Waals surface area contributed by atoms with Crippen LogP contribution in [0.3, 0.4) is 0 Å². The SMILES string of the molecule is CC(Nc1cc(Cl)nc(N)n1)c1ccc(Cl)s1. The highest BCUT2D eigenvalue weighted by molar-refractivity contribution is 7.16. The molecule has 3 N–H and O–H groups in total. The maximum atomic E-state index is 5.88. The van der Waals surface area contributed by atoms with Gasteiger partial charge in [-0.2, -0.15) is 4.98 Å². The molecule has 0 spiro atoms. The summed E-state index contributed by atoms with van der Waals surface area (Å²) in [5, 5.41) is 3.51. The maximum absolute atomic E-state index is 5.88. The standard InChI is InChI=1S/C10H10Cl2N4S/c1-5(6-2-3-8(12)17-6)14-9-4-7(11)15-10(13)16-9/h2-5H,1H3,(H3,13,14,15,16). The van der Waals surface area contributed by atoms with Crippen LogP contribution in [0, 0.1) is 0 Å². The number of hydrogen-bond acceptors (Lipinski definition) is 5. The number of aromatic nitrogens is 2. The van der Waals surface area contributed by atoms with E-state index in [-0.39, 0.29) is 12.0 Å². The van der Waals surface area contributed by atoms with E-state index in [1.807, 2.05) is 19.1 Å². The van der Waals surface area contributed by atoms with Crippen LogP contribution < -0.4 is 11.1 Å². The minimum absolute atomic E-state index is 0.0814. The quantitative estimate of drug-likeness (QED) is 0.847. The zero-order valence-electron chi connectivity index (χ0n) is 8.95. The average Bonchev–Trinajstić information content (AvgIpc) is 2.63. The second kappa shape index (κ2) is 5.08. The molecule has 7 heteroatoms. The molecule has 1 unspecified atom stereocenters. The van der Waals surface area contributed by atoms with Gasteiger partial charge in [-0.15, -0.1) is 11.3 Å². The Morgan fingerprint density at radius 2 is 2.12 bits per heavy atom. The van der Waals surface area contributed by atoms with Gasteiger partial charge >= 0.3 is 0 Å². The van der Waals surface area contributed by atoms with Gasteiger partial charge in [0.1, 0.15) is 11.0 Å². The van der Waals surface area contributed by atoms with Gasteiger partial charge in [-0.05, 0) is 19.1 Å². The van der Waals surface area contributed by atoms with Gasteiger partial charge in [0.25, 0.3) is 0 Å². The van der Waals surface area contributed by atoms with E-state index >= 15 is 0 Å². The Bertz CT molecular complexity index is 509. The Hall–Kier alpha value is -1.04. The summed E-state index contributed by atoms with van der Waals surface area (Å²) in [5.41, 5.74) is 5.51. The summed E-state index contributed by atoms with van der Waals surface area (Å²) in [6, 6.07) is 5.54. The molecule has 17 heavy (non-hydrogen) atoms. The number of nitrogens with zero attached hydrogens (tertiary/aromatic N) is 2. The van der Waals surface area contributed by atoms with E-state index in [9.17, 15) is 0 Å². The lowest BCUT2D eigenvalue weighted by Crippen LogP contribution is -2.08. The van der Waals surface area contributed by atoms with Crippen molar-refractivity contribution in [3.8, 4) is 0 Å². The smallest absolute Gasteiger partial charge is 0.223 e. The van der Waals surface area contributed by atoms with Crippen molar-refractivity contribution >= 4 is 46.3 Å². The predicted octanol–water partition coefficient (Wildman–Crippen LogP) is 3.60. The van der Waals surface area contributed by atoms with Gasteiger partial charge in [0.05, 0.1) is 10.4 Å². The summed E-state index contributed by atoms with van der Waals surface area (Å²) in [4.78, 5) is 8.96. The number of thiophene rings is 1. The minimum atomic E-state index is 0.0814. The Kier molecular flexibility index (Phi) is 3.71. The van der Waals surface area contributed by atoms with E-state index in [0.29, 0.717) is 11.0 Å². The molecule has 2 aromatic heterocycles. The van der Waals surface area contributed by atoms with Gasteiger partial charge in [-0.1, -0.05) is 23.2 Å². The summed E-state index contributed by atoms with van der Waals surface area (Å²) in [5.74, 6) is 0.746. The number of rotatable bonds is 3. The number of anilines is 2. The van der Waals surface area contributed by atoms with Crippen molar-refractivity contribution in [2.45, 2.75) is 13.0 Å². The lowest BCUT2D eigenvalue weighted by molar-refractivity contribution is 0.894. The fourth-order valence-electron chi connectivity index (χ4n) is 1.36. The maximum Gasteiger partial charge on any atom is 0.223 e. The third-order valence-electron chi connectivity index (χ3n) is 2.10. The van der Waals surface area contributed by atoms with Crippen molar-refractivity contribution in [3.05, 3.63) is 32.6 Å². The van der Waals surface area contributed by atoms with Gasteiger partial charge < -0.3 is 11.1 Å². The van der Waals surface area contributed by atoms with Crippen molar-refractivity contribution in [3.63, 3.8) is 0 Å². The Balaban J connectivity index is 2.15. The lowest BCUT2D eigenvalue weighted by Gasteiger charge is -2.12. The van der Waals surface area contributed by atoms with Gasteiger partial charge in [0.15, 0.2) is 0 Å². The van der Waals surface area contributed by atoms with Crippen LogP contribution in [-0.2, 0) is 0 Å². The van der Waals surface area contributed by atoms with Crippen molar-refractivity contribution in [2.75, 3.05) is 11.1 Å². The first-order valence-electron chi connectivity index (χ1n) is 4.86. The monoisotopic (exact) mass is 288 g/mol. The van der Waals surface area contributed by atoms with Crippen molar-refractivity contribution in [2.24, 2.45) is 0 Å². The van der Waals surface area contributed by atoms with Crippen LogP contribution in [0.25, 0.3) is 0 Å². The zero-order chi connectivity index (χ0) is 12.4. The molecule has 2 heterocycles. The van der Waals surface area contributed by atoms with Gasteiger partial charge in [0, 0.05) is 10.9 Å². The number of nitrogens with two attached hydrogens (primary N) is 1. The Labute approximate surface area is 113 Å². The van der Waals surface area contributed by atoms with E-state index < -0.39 is 0 Å². The van der Waals surface area contributed by atoms with Crippen LogP contribution in [0.4, 0.5) is 11.8 Å². The van der Waals surface area contributed by atoms with Gasteiger partial charge in [0.2, 0.25) is 5.95 Å². The molecule has 0 amide bonds. The van der Waals surface area contributed by atoms with E-state index in [4.69, 9.17) is 28.9 Å². The van der Waals surface area contributed by atoms with Crippen LogP contribution in [-0.4, -0.2) is 9.97 Å². The minimum Gasteiger partial charge on any atom is -0.368 e. The molecule has 0 bridgehead atoms. The lowest BCUT2D eigenvalue weighted by atomic mass is 10.3. The largest absolute Gasteiger partial charge is 0.368 e. The average molecular weight is 289 g/mol. The molecule has 2 aromatic rings. The topological polar surface area (TPSA) is 63.8 Å². The van der Waals surface area contributed by atoms with Crippen LogP contribution >= 0.6 is 34.5 Å². The number of hydrogen-bond donors (Lipinski definition) is 2. The fraction of sp³-hybridized carbons (Fsp3) is 0.200. The molecule has 1 atom stereocenters. The van der Waals surface area contributed by atoms with Crippen LogP contribution in [0.15, 0.2) is 18.2 Å². The van der Waals surface area contributed by atoms with E-state index in [0.717, 1.165) is 9.21 Å². The first-order valence-corrected chi connectivity index (χ1v) is 6.43. The van der Waals surface area contributed by atoms with E-state index in [2.05, 4.69) is 15.3 Å². The van der Waals surface area contributed by atoms with Crippen LogP contribution in [0.2, 0.25) is 9.49 Å². The fourth-order valence-corrected chi connectivity index (χ4v) is 2.62. The molecular weight excluding hydrogens is 279 g/mol. The molecule has 0 aromatic carbocycles. The number of nitrogen functional groups attached to an aromatic ring is 1. The van der Waals surface area contributed by atoms with Crippen molar-refractivity contribution < 1.29 is 0 Å². The van der Waals surface area contributed by atoms with Gasteiger partial charge in [-0.3, -0.25) is 0 Å². The normalized spacial score (nSPS) is 12.4. The Morgan fingerprint density at radius 1 is 1.35 bits per heavy atom. The van der Waals surface area contributed by atoms with E-state index in [1.54, 1.807) is 6.07 Å². The molecule has 0 saturated carbocycles. The molecule has 0 saturated heterocycles. The summed E-state index contributed by atoms with van der Waals surface area (Å²) >= 11 is 13.2. The molecular formula is C10H10Cl2N4S. The molecule has 0 aliphatic rings. The van der Waals surface area contributed by atoms with Crippen LogP contribution in [0.5, 0.6) is 0 Å². The molecule has 2 rings (SSSR count). The molecule has 0 radical (unpaired) electrons. The van der Waals surface area contributed by atoms with Crippen molar-refractivity contribution in [1.29, 1.82) is 0 Å². The summed E-state index contributed by atoms with van der Waals surface area (Å²) in [7, 11) is 0. The first-order chi connectivity index (χ1) is 8.04. The molecule has 4 nitrogen and oxygen atoms in total. The Morgan fingerprint density at radius 3 is 2.71 bits per heavy atom. The van der Waals surface area contributed by atoms with Gasteiger partial charge in [-0.25, -0.2) is 4.98 Å². The number of halogens is 2. The highest BCUT2D eigenvalue weighted by Crippen LogP contribution is 2.28. The van der Waals surface area contributed by atoms with E-state index in [1.165, 1.54) is 11.3 Å². The van der Waals surface area contributed by atoms with Crippen molar-refractivity contribution in [1.82, 2.24) is 9.97 Å². The molecule has 0 aliphatic heterocycles. The summed E-state index contributed by atoms with van der Waals surface area (Å²) < 4.78 is 0.758. The summed E-state index contributed by atoms with van der Waals surface area (Å²) in [6.45, 7) is 2.01. The highest BCUT2D eigenvalue weighted by Gasteiger charge is 2.09. The van der Waals surface area contributed by atoms with Crippen LogP contribution in [0.1, 0.15) is 17.8 Å².